The first kappa shape index (κ1) is 19.9. The number of nitrogens with zero attached hydrogens (tertiary/aromatic N) is 4. The van der Waals surface area contributed by atoms with Crippen molar-refractivity contribution < 1.29 is 14.1 Å². The average molecular weight is 417 g/mol. The zero-order valence-corrected chi connectivity index (χ0v) is 17.3. The van der Waals surface area contributed by atoms with Crippen LogP contribution >= 0.6 is 11.6 Å². The second kappa shape index (κ2) is 8.53. The van der Waals surface area contributed by atoms with Gasteiger partial charge in [-0.3, -0.25) is 9.59 Å². The highest BCUT2D eigenvalue weighted by atomic mass is 35.5. The van der Waals surface area contributed by atoms with Crippen molar-refractivity contribution in [2.45, 2.75) is 45.1 Å². The van der Waals surface area contributed by atoms with E-state index in [1.165, 1.54) is 0 Å². The predicted octanol–water partition coefficient (Wildman–Crippen LogP) is 3.70. The molecule has 7 nitrogen and oxygen atoms in total. The van der Waals surface area contributed by atoms with Gasteiger partial charge < -0.3 is 14.3 Å². The van der Waals surface area contributed by atoms with E-state index in [1.807, 2.05) is 19.1 Å². The van der Waals surface area contributed by atoms with E-state index in [0.29, 0.717) is 29.8 Å². The molecule has 2 heterocycles. The summed E-state index contributed by atoms with van der Waals surface area (Å²) in [5.74, 6) is 1.03. The maximum absolute atomic E-state index is 13.0. The molecule has 0 bridgehead atoms. The summed E-state index contributed by atoms with van der Waals surface area (Å²) in [6, 6.07) is 7.01. The molecule has 8 heteroatoms. The second-order valence-corrected chi connectivity index (χ2v) is 8.13. The van der Waals surface area contributed by atoms with Gasteiger partial charge in [0.25, 0.3) is 0 Å². The summed E-state index contributed by atoms with van der Waals surface area (Å²) < 4.78 is 5.53. The van der Waals surface area contributed by atoms with Crippen LogP contribution in [0.3, 0.4) is 0 Å². The van der Waals surface area contributed by atoms with Crippen LogP contribution in [0.1, 0.15) is 51.0 Å². The highest BCUT2D eigenvalue weighted by Crippen LogP contribution is 2.33. The van der Waals surface area contributed by atoms with E-state index >= 15 is 0 Å². The van der Waals surface area contributed by atoms with Crippen LogP contribution in [-0.2, 0) is 9.59 Å². The Bertz CT molecular complexity index is 896. The molecule has 1 saturated carbocycles. The lowest BCUT2D eigenvalue weighted by molar-refractivity contribution is -0.143. The third kappa shape index (κ3) is 4.45. The standard InChI is InChI=1S/C21H25ClN4O3/c1-2-25(21(28)14-9-10-14)13-18(27)26-11-4-3-8-17(26)20-23-19(24-29-20)15-6-5-7-16(22)12-15/h5-7,12,14,17H,2-4,8-11,13H2,1H3. The lowest BCUT2D eigenvalue weighted by Gasteiger charge is -2.35. The Balaban J connectivity index is 1.50. The number of benzene rings is 1. The van der Waals surface area contributed by atoms with Gasteiger partial charge in [-0.15, -0.1) is 0 Å². The van der Waals surface area contributed by atoms with Crippen molar-refractivity contribution >= 4 is 23.4 Å². The van der Waals surface area contributed by atoms with Gasteiger partial charge in [-0.1, -0.05) is 28.9 Å². The zero-order valence-electron chi connectivity index (χ0n) is 16.5. The number of carbonyl (C=O) groups excluding carboxylic acids is 2. The molecule has 0 N–H and O–H groups in total. The largest absolute Gasteiger partial charge is 0.337 e. The molecule has 1 atom stereocenters. The Labute approximate surface area is 175 Å². The van der Waals surface area contributed by atoms with Crippen molar-refractivity contribution in [3.63, 3.8) is 0 Å². The summed E-state index contributed by atoms with van der Waals surface area (Å²) >= 11 is 6.06. The van der Waals surface area contributed by atoms with Crippen LogP contribution in [0.25, 0.3) is 11.4 Å². The van der Waals surface area contributed by atoms with E-state index in [0.717, 1.165) is 37.7 Å². The maximum atomic E-state index is 13.0. The van der Waals surface area contributed by atoms with Gasteiger partial charge in [-0.2, -0.15) is 4.98 Å². The SMILES string of the molecule is CCN(CC(=O)N1CCCCC1c1nc(-c2cccc(Cl)c2)no1)C(=O)C1CC1. The first-order chi connectivity index (χ1) is 14.1. The monoisotopic (exact) mass is 416 g/mol. The molecule has 2 fully saturated rings. The van der Waals surface area contributed by atoms with Crippen LogP contribution in [0.15, 0.2) is 28.8 Å². The third-order valence-corrected chi connectivity index (χ3v) is 5.81. The van der Waals surface area contributed by atoms with Crippen molar-refractivity contribution in [1.82, 2.24) is 19.9 Å². The minimum absolute atomic E-state index is 0.0620. The molecule has 4 rings (SSSR count). The highest BCUT2D eigenvalue weighted by Gasteiger charge is 2.36. The number of likely N-dealkylation sites (N-methyl/N-ethyl adjacent to an activating group) is 1. The molecule has 1 aliphatic heterocycles. The molecular formula is C21H25ClN4O3. The van der Waals surface area contributed by atoms with E-state index in [2.05, 4.69) is 10.1 Å². The van der Waals surface area contributed by atoms with Gasteiger partial charge in [0, 0.05) is 29.6 Å². The molecule has 2 amide bonds. The fourth-order valence-electron chi connectivity index (χ4n) is 3.79. The number of likely N-dealkylation sites (tertiary alicyclic amines) is 1. The van der Waals surface area contributed by atoms with Crippen molar-refractivity contribution in [3.8, 4) is 11.4 Å². The summed E-state index contributed by atoms with van der Waals surface area (Å²) in [6.07, 6.45) is 4.56. The summed E-state index contributed by atoms with van der Waals surface area (Å²) in [4.78, 5) is 33.4. The van der Waals surface area contributed by atoms with Gasteiger partial charge in [-0.25, -0.2) is 0 Å². The Hall–Kier alpha value is -2.41. The first-order valence-electron chi connectivity index (χ1n) is 10.2. The molecule has 1 aromatic heterocycles. The Morgan fingerprint density at radius 1 is 1.28 bits per heavy atom. The average Bonchev–Trinajstić information content (AvgIpc) is 3.47. The summed E-state index contributed by atoms with van der Waals surface area (Å²) in [6.45, 7) is 3.20. The summed E-state index contributed by atoms with van der Waals surface area (Å²) in [5, 5.41) is 4.69. The summed E-state index contributed by atoms with van der Waals surface area (Å²) in [5.41, 5.74) is 0.772. The van der Waals surface area contributed by atoms with Gasteiger partial charge in [0.15, 0.2) is 0 Å². The molecule has 1 saturated heterocycles. The third-order valence-electron chi connectivity index (χ3n) is 5.58. The van der Waals surface area contributed by atoms with E-state index in [1.54, 1.807) is 21.9 Å². The van der Waals surface area contributed by atoms with Gasteiger partial charge in [0.1, 0.15) is 6.04 Å². The predicted molar refractivity (Wildman–Crippen MR) is 108 cm³/mol. The van der Waals surface area contributed by atoms with Crippen molar-refractivity contribution in [2.75, 3.05) is 19.6 Å². The van der Waals surface area contributed by atoms with Crippen LogP contribution in [0, 0.1) is 5.92 Å². The van der Waals surface area contributed by atoms with E-state index in [4.69, 9.17) is 16.1 Å². The van der Waals surface area contributed by atoms with Crippen molar-refractivity contribution in [1.29, 1.82) is 0 Å². The minimum atomic E-state index is -0.258. The van der Waals surface area contributed by atoms with Gasteiger partial charge >= 0.3 is 0 Å². The summed E-state index contributed by atoms with van der Waals surface area (Å²) in [7, 11) is 0. The Kier molecular flexibility index (Phi) is 5.85. The fourth-order valence-corrected chi connectivity index (χ4v) is 3.98. The van der Waals surface area contributed by atoms with Gasteiger partial charge in [-0.05, 0) is 51.2 Å². The molecule has 1 unspecified atom stereocenters. The molecule has 2 aromatic rings. The number of hydrogen-bond donors (Lipinski definition) is 0. The van der Waals surface area contributed by atoms with Crippen LogP contribution in [0.5, 0.6) is 0 Å². The first-order valence-corrected chi connectivity index (χ1v) is 10.6. The zero-order chi connectivity index (χ0) is 20.4. The number of rotatable bonds is 6. The molecule has 154 valence electrons. The lowest BCUT2D eigenvalue weighted by Crippen LogP contribution is -2.46. The van der Waals surface area contributed by atoms with E-state index in [-0.39, 0.29) is 30.3 Å². The van der Waals surface area contributed by atoms with Crippen LogP contribution in [-0.4, -0.2) is 51.4 Å². The molecule has 1 aliphatic carbocycles. The number of halogens is 1. The molecule has 1 aromatic carbocycles. The van der Waals surface area contributed by atoms with Crippen molar-refractivity contribution in [3.05, 3.63) is 35.2 Å². The fraction of sp³-hybridized carbons (Fsp3) is 0.524. The van der Waals surface area contributed by atoms with Gasteiger partial charge in [0.05, 0.1) is 6.54 Å². The molecular weight excluding hydrogens is 392 g/mol. The number of carbonyl (C=O) groups is 2. The molecule has 29 heavy (non-hydrogen) atoms. The van der Waals surface area contributed by atoms with E-state index in [9.17, 15) is 9.59 Å². The van der Waals surface area contributed by atoms with Crippen LogP contribution < -0.4 is 0 Å². The van der Waals surface area contributed by atoms with Gasteiger partial charge in [0.2, 0.25) is 23.5 Å². The molecule has 2 aliphatic rings. The number of aromatic nitrogens is 2. The Morgan fingerprint density at radius 2 is 2.10 bits per heavy atom. The highest BCUT2D eigenvalue weighted by molar-refractivity contribution is 6.30. The molecule has 0 radical (unpaired) electrons. The molecule has 0 spiro atoms. The quantitative estimate of drug-likeness (QED) is 0.717. The topological polar surface area (TPSA) is 79.5 Å². The van der Waals surface area contributed by atoms with Crippen molar-refractivity contribution in [2.24, 2.45) is 5.92 Å². The smallest absolute Gasteiger partial charge is 0.249 e. The second-order valence-electron chi connectivity index (χ2n) is 7.69. The maximum Gasteiger partial charge on any atom is 0.249 e. The number of piperidine rings is 1. The normalized spacial score (nSPS) is 19.2. The number of amides is 2. The lowest BCUT2D eigenvalue weighted by atomic mass is 10.0. The van der Waals surface area contributed by atoms with Crippen LogP contribution in [0.2, 0.25) is 5.02 Å². The van der Waals surface area contributed by atoms with E-state index < -0.39 is 0 Å². The van der Waals surface area contributed by atoms with Crippen LogP contribution in [0.4, 0.5) is 0 Å². The Morgan fingerprint density at radius 3 is 2.83 bits per heavy atom. The minimum Gasteiger partial charge on any atom is -0.337 e. The number of hydrogen-bond acceptors (Lipinski definition) is 5.